The lowest BCUT2D eigenvalue weighted by Gasteiger charge is -2.35. The number of ether oxygens (including phenoxy) is 3. The summed E-state index contributed by atoms with van der Waals surface area (Å²) in [7, 11) is 4.89. The number of hydrogen-bond acceptors (Lipinski definition) is 6. The van der Waals surface area contributed by atoms with Crippen LogP contribution < -0.4 is 19.5 Å². The van der Waals surface area contributed by atoms with E-state index in [1.54, 1.807) is 21.3 Å². The number of piperazine rings is 1. The van der Waals surface area contributed by atoms with Crippen molar-refractivity contribution in [1.29, 1.82) is 0 Å². The molecule has 0 bridgehead atoms. The van der Waals surface area contributed by atoms with E-state index in [0.717, 1.165) is 44.7 Å². The molecule has 1 saturated heterocycles. The van der Waals surface area contributed by atoms with Gasteiger partial charge in [-0.05, 0) is 26.3 Å². The summed E-state index contributed by atoms with van der Waals surface area (Å²) in [5, 5.41) is 3.11. The highest BCUT2D eigenvalue weighted by atomic mass is 16.5. The van der Waals surface area contributed by atoms with Gasteiger partial charge in [0.05, 0.1) is 27.9 Å². The Balaban J connectivity index is 1.92. The smallest absolute Gasteiger partial charge is 0.234 e. The van der Waals surface area contributed by atoms with Gasteiger partial charge in [-0.2, -0.15) is 0 Å². The minimum atomic E-state index is -0.150. The molecule has 0 aromatic heterocycles. The van der Waals surface area contributed by atoms with Gasteiger partial charge in [-0.1, -0.05) is 13.0 Å². The molecule has 2 rings (SSSR count). The first-order valence-electron chi connectivity index (χ1n) is 9.87. The first kappa shape index (κ1) is 22.3. The Kier molecular flexibility index (Phi) is 7.95. The van der Waals surface area contributed by atoms with Crippen molar-refractivity contribution < 1.29 is 19.0 Å². The van der Waals surface area contributed by atoms with Crippen LogP contribution in [0.5, 0.6) is 17.2 Å². The Bertz CT molecular complexity index is 655. The Morgan fingerprint density at radius 2 is 1.61 bits per heavy atom. The second kappa shape index (κ2) is 9.98. The van der Waals surface area contributed by atoms with Crippen molar-refractivity contribution in [3.63, 3.8) is 0 Å². The third-order valence-electron chi connectivity index (χ3n) is 5.37. The monoisotopic (exact) mass is 393 g/mol. The zero-order valence-corrected chi connectivity index (χ0v) is 18.1. The number of carbonyl (C=O) groups is 1. The van der Waals surface area contributed by atoms with Crippen LogP contribution in [0.2, 0.25) is 0 Å². The third-order valence-corrected chi connectivity index (χ3v) is 5.37. The van der Waals surface area contributed by atoms with Crippen molar-refractivity contribution in [1.82, 2.24) is 15.1 Å². The van der Waals surface area contributed by atoms with Crippen LogP contribution in [0.1, 0.15) is 32.8 Å². The number of methoxy groups -OCH3 is 3. The summed E-state index contributed by atoms with van der Waals surface area (Å²) >= 11 is 0. The highest BCUT2D eigenvalue weighted by Gasteiger charge is 2.24. The maximum Gasteiger partial charge on any atom is 0.234 e. The van der Waals surface area contributed by atoms with Gasteiger partial charge >= 0.3 is 0 Å². The predicted molar refractivity (Wildman–Crippen MR) is 110 cm³/mol. The van der Waals surface area contributed by atoms with Gasteiger partial charge in [-0.3, -0.25) is 14.6 Å². The molecule has 1 aliphatic heterocycles. The quantitative estimate of drug-likeness (QED) is 0.694. The zero-order chi connectivity index (χ0) is 20.7. The maximum absolute atomic E-state index is 12.3. The molecule has 28 heavy (non-hydrogen) atoms. The van der Waals surface area contributed by atoms with Crippen LogP contribution in [0, 0.1) is 0 Å². The molecular formula is C21H35N3O4. The molecule has 0 radical (unpaired) electrons. The number of nitrogens with one attached hydrogen (secondary N) is 1. The largest absolute Gasteiger partial charge is 0.493 e. The summed E-state index contributed by atoms with van der Waals surface area (Å²) in [6, 6.07) is 3.93. The van der Waals surface area contributed by atoms with Crippen molar-refractivity contribution in [3.8, 4) is 17.2 Å². The molecule has 1 amide bonds. The Morgan fingerprint density at radius 3 is 2.14 bits per heavy atom. The van der Waals surface area contributed by atoms with E-state index in [0.29, 0.717) is 23.8 Å². The highest BCUT2D eigenvalue weighted by molar-refractivity contribution is 5.78. The number of hydrogen-bond donors (Lipinski definition) is 1. The van der Waals surface area contributed by atoms with Crippen LogP contribution in [0.3, 0.4) is 0 Å². The average Bonchev–Trinajstić information content (AvgIpc) is 2.68. The van der Waals surface area contributed by atoms with Crippen LogP contribution in [0.4, 0.5) is 0 Å². The average molecular weight is 394 g/mol. The van der Waals surface area contributed by atoms with E-state index in [9.17, 15) is 4.79 Å². The number of nitrogens with zero attached hydrogens (tertiary/aromatic N) is 2. The fourth-order valence-corrected chi connectivity index (χ4v) is 3.34. The van der Waals surface area contributed by atoms with Crippen molar-refractivity contribution in [2.24, 2.45) is 0 Å². The number of rotatable bonds is 9. The molecule has 1 heterocycles. The highest BCUT2D eigenvalue weighted by Crippen LogP contribution is 2.40. The van der Waals surface area contributed by atoms with Crippen LogP contribution >= 0.6 is 0 Å². The molecule has 1 fully saturated rings. The second-order valence-electron chi connectivity index (χ2n) is 7.83. The second-order valence-corrected chi connectivity index (χ2v) is 7.83. The number of carbonyl (C=O) groups excluding carboxylic acids is 1. The molecule has 0 saturated carbocycles. The van der Waals surface area contributed by atoms with Crippen molar-refractivity contribution in [2.75, 3.05) is 54.1 Å². The van der Waals surface area contributed by atoms with E-state index in [4.69, 9.17) is 14.2 Å². The lowest BCUT2D eigenvalue weighted by atomic mass is 10.0. The van der Waals surface area contributed by atoms with Gasteiger partial charge in [0.2, 0.25) is 11.7 Å². The van der Waals surface area contributed by atoms with Gasteiger partial charge in [-0.15, -0.1) is 0 Å². The van der Waals surface area contributed by atoms with Crippen molar-refractivity contribution >= 4 is 5.91 Å². The minimum absolute atomic E-state index is 0.0989. The van der Waals surface area contributed by atoms with Crippen LogP contribution in [-0.4, -0.2) is 75.3 Å². The van der Waals surface area contributed by atoms with E-state index >= 15 is 0 Å². The molecule has 0 atom stereocenters. The summed E-state index contributed by atoms with van der Waals surface area (Å²) in [6.07, 6.45) is 0.916. The summed E-state index contributed by atoms with van der Waals surface area (Å²) in [6.45, 7) is 11.0. The van der Waals surface area contributed by atoms with Gasteiger partial charge in [0.15, 0.2) is 11.5 Å². The number of benzene rings is 1. The molecule has 1 N–H and O–H groups in total. The molecule has 1 aromatic rings. The lowest BCUT2D eigenvalue weighted by Crippen LogP contribution is -2.52. The fraction of sp³-hybridized carbons (Fsp3) is 0.667. The molecule has 1 aliphatic rings. The van der Waals surface area contributed by atoms with E-state index in [2.05, 4.69) is 35.9 Å². The molecule has 7 nitrogen and oxygen atoms in total. The van der Waals surface area contributed by atoms with Crippen molar-refractivity contribution in [3.05, 3.63) is 17.7 Å². The Hall–Kier alpha value is -1.99. The minimum Gasteiger partial charge on any atom is -0.493 e. The lowest BCUT2D eigenvalue weighted by molar-refractivity contribution is -0.124. The Labute approximate surface area is 168 Å². The molecule has 0 unspecified atom stereocenters. The Morgan fingerprint density at radius 1 is 1.00 bits per heavy atom. The molecular weight excluding hydrogens is 358 g/mol. The summed E-state index contributed by atoms with van der Waals surface area (Å²) in [4.78, 5) is 16.8. The number of amides is 1. The van der Waals surface area contributed by atoms with E-state index in [1.165, 1.54) is 0 Å². The molecule has 158 valence electrons. The first-order chi connectivity index (χ1) is 13.3. The van der Waals surface area contributed by atoms with Gasteiger partial charge in [0.25, 0.3) is 0 Å². The van der Waals surface area contributed by atoms with Gasteiger partial charge in [0.1, 0.15) is 0 Å². The van der Waals surface area contributed by atoms with Crippen LogP contribution in [0.15, 0.2) is 12.1 Å². The predicted octanol–water partition coefficient (Wildman–Crippen LogP) is 2.13. The maximum atomic E-state index is 12.3. The standard InChI is InChI=1S/C21H35N3O4/c1-7-21(2,3)22-18(25)15-24-12-10-23(11-13-24)14-16-8-9-17(26-4)20(28-6)19(16)27-5/h8-9H,7,10-15H2,1-6H3,(H,22,25). The summed E-state index contributed by atoms with van der Waals surface area (Å²) in [5.74, 6) is 2.09. The normalized spacial score (nSPS) is 15.9. The van der Waals surface area contributed by atoms with Gasteiger partial charge in [0, 0.05) is 43.8 Å². The first-order valence-corrected chi connectivity index (χ1v) is 9.87. The SMILES string of the molecule is CCC(C)(C)NC(=O)CN1CCN(Cc2ccc(OC)c(OC)c2OC)CC1. The van der Waals surface area contributed by atoms with Crippen molar-refractivity contribution in [2.45, 2.75) is 39.3 Å². The van der Waals surface area contributed by atoms with E-state index in [1.807, 2.05) is 12.1 Å². The molecule has 7 heteroatoms. The van der Waals surface area contributed by atoms with E-state index in [-0.39, 0.29) is 11.4 Å². The van der Waals surface area contributed by atoms with Gasteiger partial charge in [-0.25, -0.2) is 0 Å². The fourth-order valence-electron chi connectivity index (χ4n) is 3.34. The zero-order valence-electron chi connectivity index (χ0n) is 18.1. The summed E-state index contributed by atoms with van der Waals surface area (Å²) < 4.78 is 16.4. The van der Waals surface area contributed by atoms with Gasteiger partial charge < -0.3 is 19.5 Å². The molecule has 0 spiro atoms. The third kappa shape index (κ3) is 5.75. The topological polar surface area (TPSA) is 63.3 Å². The summed E-state index contributed by atoms with van der Waals surface area (Å²) in [5.41, 5.74) is 0.916. The van der Waals surface area contributed by atoms with Crippen LogP contribution in [0.25, 0.3) is 0 Å². The van der Waals surface area contributed by atoms with E-state index < -0.39 is 0 Å². The molecule has 1 aromatic carbocycles. The van der Waals surface area contributed by atoms with Crippen LogP contribution in [-0.2, 0) is 11.3 Å². The molecule has 0 aliphatic carbocycles.